The zero-order valence-corrected chi connectivity index (χ0v) is 15.4. The summed E-state index contributed by atoms with van der Waals surface area (Å²) in [5.74, 6) is -1.09. The number of nitrogens with zero attached hydrogens (tertiary/aromatic N) is 1. The standard InChI is InChI=1S/C16H24N2O5S/c1-6-23-16(20)12(4)17-15(19)13-8-7-9-14(10-13)24(21,22)18(5)11(2)3/h7-12H,6H2,1-5H3,(H,17,19). The summed E-state index contributed by atoms with van der Waals surface area (Å²) in [4.78, 5) is 23.8. The zero-order chi connectivity index (χ0) is 18.5. The van der Waals surface area contributed by atoms with Gasteiger partial charge in [0.15, 0.2) is 0 Å². The minimum atomic E-state index is -3.69. The van der Waals surface area contributed by atoms with Crippen LogP contribution in [0.5, 0.6) is 0 Å². The Balaban J connectivity index is 3.00. The van der Waals surface area contributed by atoms with Crippen LogP contribution in [0.25, 0.3) is 0 Å². The molecule has 0 bridgehead atoms. The molecule has 1 amide bonds. The van der Waals surface area contributed by atoms with Gasteiger partial charge in [-0.05, 0) is 45.9 Å². The zero-order valence-electron chi connectivity index (χ0n) is 14.6. The van der Waals surface area contributed by atoms with Gasteiger partial charge in [0.25, 0.3) is 5.91 Å². The molecule has 24 heavy (non-hydrogen) atoms. The maximum Gasteiger partial charge on any atom is 0.328 e. The Bertz CT molecular complexity index is 700. The Labute approximate surface area is 143 Å². The van der Waals surface area contributed by atoms with E-state index in [9.17, 15) is 18.0 Å². The molecule has 0 aromatic heterocycles. The van der Waals surface area contributed by atoms with Gasteiger partial charge < -0.3 is 10.1 Å². The van der Waals surface area contributed by atoms with E-state index in [0.717, 1.165) is 0 Å². The molecular formula is C16H24N2O5S. The number of sulfonamides is 1. The summed E-state index contributed by atoms with van der Waals surface area (Å²) in [6.07, 6.45) is 0. The van der Waals surface area contributed by atoms with E-state index in [0.29, 0.717) is 0 Å². The van der Waals surface area contributed by atoms with Gasteiger partial charge in [-0.3, -0.25) is 4.79 Å². The van der Waals surface area contributed by atoms with Gasteiger partial charge in [0.05, 0.1) is 11.5 Å². The Morgan fingerprint density at radius 3 is 2.42 bits per heavy atom. The van der Waals surface area contributed by atoms with Crippen molar-refractivity contribution in [3.05, 3.63) is 29.8 Å². The summed E-state index contributed by atoms with van der Waals surface area (Å²) in [6.45, 7) is 6.91. The number of esters is 1. The lowest BCUT2D eigenvalue weighted by Crippen LogP contribution is -2.39. The highest BCUT2D eigenvalue weighted by Crippen LogP contribution is 2.18. The average molecular weight is 356 g/mol. The number of rotatable bonds is 7. The van der Waals surface area contributed by atoms with E-state index in [2.05, 4.69) is 5.32 Å². The maximum atomic E-state index is 12.5. The Hall–Kier alpha value is -1.93. The van der Waals surface area contributed by atoms with Crippen LogP contribution in [0.2, 0.25) is 0 Å². The number of carbonyl (C=O) groups is 2. The topological polar surface area (TPSA) is 92.8 Å². The molecule has 134 valence electrons. The molecule has 0 aliphatic carbocycles. The van der Waals surface area contributed by atoms with Crippen molar-refractivity contribution in [3.63, 3.8) is 0 Å². The van der Waals surface area contributed by atoms with Gasteiger partial charge in [-0.15, -0.1) is 0 Å². The molecule has 0 aliphatic rings. The van der Waals surface area contributed by atoms with Crippen molar-refractivity contribution >= 4 is 21.9 Å². The first kappa shape index (κ1) is 20.1. The second kappa shape index (κ2) is 8.25. The molecule has 0 heterocycles. The molecule has 0 spiro atoms. The van der Waals surface area contributed by atoms with E-state index < -0.39 is 27.9 Å². The fourth-order valence-electron chi connectivity index (χ4n) is 1.85. The van der Waals surface area contributed by atoms with Crippen molar-refractivity contribution in [1.29, 1.82) is 0 Å². The minimum absolute atomic E-state index is 0.0233. The highest BCUT2D eigenvalue weighted by molar-refractivity contribution is 7.89. The van der Waals surface area contributed by atoms with E-state index >= 15 is 0 Å². The SMILES string of the molecule is CCOC(=O)C(C)NC(=O)c1cccc(S(=O)(=O)N(C)C(C)C)c1. The van der Waals surface area contributed by atoms with Gasteiger partial charge in [0, 0.05) is 18.7 Å². The summed E-state index contributed by atoms with van der Waals surface area (Å²) in [5.41, 5.74) is 0.157. The van der Waals surface area contributed by atoms with Crippen LogP contribution in [0.3, 0.4) is 0 Å². The fraction of sp³-hybridized carbons (Fsp3) is 0.500. The molecule has 1 N–H and O–H groups in total. The van der Waals surface area contributed by atoms with Crippen LogP contribution >= 0.6 is 0 Å². The van der Waals surface area contributed by atoms with Gasteiger partial charge in [-0.2, -0.15) is 4.31 Å². The first-order valence-electron chi connectivity index (χ1n) is 7.66. The smallest absolute Gasteiger partial charge is 0.328 e. The molecule has 0 fully saturated rings. The van der Waals surface area contributed by atoms with Crippen LogP contribution in [-0.2, 0) is 19.6 Å². The Morgan fingerprint density at radius 1 is 1.25 bits per heavy atom. The van der Waals surface area contributed by atoms with Crippen LogP contribution in [0.1, 0.15) is 38.1 Å². The molecule has 0 aliphatic heterocycles. The number of ether oxygens (including phenoxy) is 1. The molecule has 1 aromatic rings. The van der Waals surface area contributed by atoms with Crippen molar-refractivity contribution in [1.82, 2.24) is 9.62 Å². The lowest BCUT2D eigenvalue weighted by molar-refractivity contribution is -0.144. The number of nitrogens with one attached hydrogen (secondary N) is 1. The van der Waals surface area contributed by atoms with Crippen LogP contribution in [0.15, 0.2) is 29.2 Å². The molecule has 8 heteroatoms. The molecule has 1 atom stereocenters. The van der Waals surface area contributed by atoms with Crippen molar-refractivity contribution < 1.29 is 22.7 Å². The van der Waals surface area contributed by atoms with E-state index in [-0.39, 0.29) is 23.1 Å². The number of benzene rings is 1. The average Bonchev–Trinajstić information content (AvgIpc) is 2.54. The Kier molecular flexibility index (Phi) is 6.92. The van der Waals surface area contributed by atoms with Gasteiger partial charge in [-0.25, -0.2) is 13.2 Å². The van der Waals surface area contributed by atoms with Crippen molar-refractivity contribution in [2.45, 2.75) is 44.7 Å². The summed E-state index contributed by atoms with van der Waals surface area (Å²) in [6, 6.07) is 4.67. The van der Waals surface area contributed by atoms with Crippen LogP contribution in [0, 0.1) is 0 Å². The summed E-state index contributed by atoms with van der Waals surface area (Å²) in [7, 11) is -2.20. The summed E-state index contributed by atoms with van der Waals surface area (Å²) >= 11 is 0. The van der Waals surface area contributed by atoms with E-state index in [4.69, 9.17) is 4.74 Å². The summed E-state index contributed by atoms with van der Waals surface area (Å²) < 4.78 is 31.0. The normalized spacial score (nSPS) is 13.0. The molecule has 7 nitrogen and oxygen atoms in total. The molecule has 1 aromatic carbocycles. The minimum Gasteiger partial charge on any atom is -0.464 e. The molecule has 0 saturated carbocycles. The second-order valence-electron chi connectivity index (χ2n) is 5.59. The third-order valence-electron chi connectivity index (χ3n) is 3.49. The van der Waals surface area contributed by atoms with E-state index in [1.807, 2.05) is 0 Å². The van der Waals surface area contributed by atoms with Gasteiger partial charge in [-0.1, -0.05) is 6.07 Å². The third-order valence-corrected chi connectivity index (χ3v) is 5.52. The quantitative estimate of drug-likeness (QED) is 0.746. The second-order valence-corrected chi connectivity index (χ2v) is 7.59. The predicted molar refractivity (Wildman–Crippen MR) is 90.1 cm³/mol. The highest BCUT2D eigenvalue weighted by Gasteiger charge is 2.24. The van der Waals surface area contributed by atoms with Gasteiger partial charge >= 0.3 is 5.97 Å². The molecule has 0 saturated heterocycles. The van der Waals surface area contributed by atoms with Crippen LogP contribution in [-0.4, -0.2) is 50.3 Å². The predicted octanol–water partition coefficient (Wildman–Crippen LogP) is 1.40. The maximum absolute atomic E-state index is 12.5. The van der Waals surface area contributed by atoms with E-state index in [1.54, 1.807) is 20.8 Å². The first-order valence-corrected chi connectivity index (χ1v) is 9.10. The summed E-state index contributed by atoms with van der Waals surface area (Å²) in [5, 5.41) is 2.49. The monoisotopic (exact) mass is 356 g/mol. The molecule has 0 radical (unpaired) electrons. The van der Waals surface area contributed by atoms with Crippen LogP contribution in [0.4, 0.5) is 0 Å². The lowest BCUT2D eigenvalue weighted by Gasteiger charge is -2.21. The fourth-order valence-corrected chi connectivity index (χ4v) is 3.26. The van der Waals surface area contributed by atoms with Crippen LogP contribution < -0.4 is 5.32 Å². The third kappa shape index (κ3) is 4.78. The van der Waals surface area contributed by atoms with Crippen molar-refractivity contribution in [2.24, 2.45) is 0 Å². The molecular weight excluding hydrogens is 332 g/mol. The number of hydrogen-bond donors (Lipinski definition) is 1. The van der Waals surface area contributed by atoms with E-state index in [1.165, 1.54) is 42.5 Å². The number of carbonyl (C=O) groups excluding carboxylic acids is 2. The number of amides is 1. The first-order chi connectivity index (χ1) is 11.1. The lowest BCUT2D eigenvalue weighted by atomic mass is 10.2. The highest BCUT2D eigenvalue weighted by atomic mass is 32.2. The van der Waals surface area contributed by atoms with Crippen molar-refractivity contribution in [2.75, 3.05) is 13.7 Å². The number of hydrogen-bond acceptors (Lipinski definition) is 5. The Morgan fingerprint density at radius 2 is 1.88 bits per heavy atom. The van der Waals surface area contributed by atoms with Gasteiger partial charge in [0.1, 0.15) is 6.04 Å². The van der Waals surface area contributed by atoms with Gasteiger partial charge in [0.2, 0.25) is 10.0 Å². The molecule has 1 unspecified atom stereocenters. The van der Waals surface area contributed by atoms with Crippen molar-refractivity contribution in [3.8, 4) is 0 Å². The largest absolute Gasteiger partial charge is 0.464 e. The molecule has 1 rings (SSSR count).